The maximum atomic E-state index is 13.0. The maximum Gasteiger partial charge on any atom is 0.416 e. The van der Waals surface area contributed by atoms with Crippen molar-refractivity contribution >= 4 is 45.8 Å². The summed E-state index contributed by atoms with van der Waals surface area (Å²) in [6, 6.07) is 15.0. The Hall–Kier alpha value is -3.61. The summed E-state index contributed by atoms with van der Waals surface area (Å²) in [5.74, 6) is 0.0888. The van der Waals surface area contributed by atoms with Gasteiger partial charge in [-0.1, -0.05) is 24.3 Å². The lowest BCUT2D eigenvalue weighted by Gasteiger charge is -2.16. The Bertz CT molecular complexity index is 1480. The molecule has 37 heavy (non-hydrogen) atoms. The number of rotatable bonds is 5. The number of carbonyl (C=O) groups is 1. The van der Waals surface area contributed by atoms with Crippen molar-refractivity contribution < 1.29 is 18.0 Å². The van der Waals surface area contributed by atoms with E-state index in [1.165, 1.54) is 0 Å². The van der Waals surface area contributed by atoms with E-state index in [2.05, 4.69) is 44.3 Å². The zero-order valence-corrected chi connectivity index (χ0v) is 21.8. The first kappa shape index (κ1) is 25.1. The molecule has 4 aromatic rings. The van der Waals surface area contributed by atoms with Crippen LogP contribution in [0, 0.1) is 3.57 Å². The van der Waals surface area contributed by atoms with E-state index in [4.69, 9.17) is 10.8 Å². The number of hydrogen-bond donors (Lipinski definition) is 3. The van der Waals surface area contributed by atoms with Gasteiger partial charge in [-0.25, -0.2) is 9.67 Å². The van der Waals surface area contributed by atoms with E-state index in [1.54, 1.807) is 4.68 Å². The molecule has 4 N–H and O–H groups in total. The zero-order chi connectivity index (χ0) is 26.3. The van der Waals surface area contributed by atoms with Crippen LogP contribution in [0.25, 0.3) is 11.3 Å². The summed E-state index contributed by atoms with van der Waals surface area (Å²) >= 11 is 2.27. The average Bonchev–Trinajstić information content (AvgIpc) is 3.13. The number of aryl methyl sites for hydroxylation is 2. The van der Waals surface area contributed by atoms with Gasteiger partial charge in [0.2, 0.25) is 0 Å². The van der Waals surface area contributed by atoms with Gasteiger partial charge in [0.1, 0.15) is 22.9 Å². The quantitative estimate of drug-likeness (QED) is 0.234. The van der Waals surface area contributed by atoms with E-state index < -0.39 is 17.6 Å². The van der Waals surface area contributed by atoms with Crippen LogP contribution in [0.3, 0.4) is 0 Å². The predicted octanol–water partition coefficient (Wildman–Crippen LogP) is 6.14. The van der Waals surface area contributed by atoms with Gasteiger partial charge in [-0.15, -0.1) is 0 Å². The molecule has 190 valence electrons. The van der Waals surface area contributed by atoms with Crippen LogP contribution < -0.4 is 16.4 Å². The molecule has 5 rings (SSSR count). The smallest absolute Gasteiger partial charge is 0.365 e. The predicted molar refractivity (Wildman–Crippen MR) is 144 cm³/mol. The van der Waals surface area contributed by atoms with E-state index in [-0.39, 0.29) is 11.9 Å². The number of anilines is 3. The normalized spacial score (nSPS) is 13.6. The van der Waals surface area contributed by atoms with Crippen molar-refractivity contribution in [3.63, 3.8) is 0 Å². The fourth-order valence-corrected chi connectivity index (χ4v) is 4.91. The van der Waals surface area contributed by atoms with Crippen molar-refractivity contribution in [2.75, 3.05) is 10.6 Å². The van der Waals surface area contributed by atoms with Gasteiger partial charge < -0.3 is 16.4 Å². The monoisotopic (exact) mass is 618 g/mol. The largest absolute Gasteiger partial charge is 0.416 e. The van der Waals surface area contributed by atoms with E-state index in [9.17, 15) is 18.0 Å². The van der Waals surface area contributed by atoms with Gasteiger partial charge in [0, 0.05) is 33.6 Å². The van der Waals surface area contributed by atoms with Gasteiger partial charge in [-0.3, -0.25) is 4.79 Å². The summed E-state index contributed by atoms with van der Waals surface area (Å²) in [4.78, 5) is 16.5. The Balaban J connectivity index is 1.41. The Morgan fingerprint density at radius 3 is 2.62 bits per heavy atom. The fraction of sp³-hybridized carbons (Fsp3) is 0.192. The Morgan fingerprint density at radius 1 is 1.16 bits per heavy atom. The summed E-state index contributed by atoms with van der Waals surface area (Å²) in [6.45, 7) is 2.41. The molecule has 0 saturated heterocycles. The standard InChI is InChI=1S/C26H22F3IN6O/c1-14(33-21-13-18(8-10-32-21)26(27,28)29)15-2-4-16(5-3-15)23-22(24(31)37)25-34-20-7-6-19(30)12-17(20)9-11-36(25)35-23/h2-8,10,12-14,34H,9,11H2,1H3,(H2,31,37)(H,32,33). The highest BCUT2D eigenvalue weighted by Gasteiger charge is 2.31. The molecule has 1 aliphatic heterocycles. The number of nitrogens with zero attached hydrogens (tertiary/aromatic N) is 3. The number of primary amides is 1. The van der Waals surface area contributed by atoms with Crippen molar-refractivity contribution in [2.45, 2.75) is 32.1 Å². The molecule has 7 nitrogen and oxygen atoms in total. The van der Waals surface area contributed by atoms with Crippen molar-refractivity contribution in [1.82, 2.24) is 14.8 Å². The fourth-order valence-electron chi connectivity index (χ4n) is 4.35. The van der Waals surface area contributed by atoms with Crippen LogP contribution in [0.5, 0.6) is 0 Å². The molecule has 1 unspecified atom stereocenters. The molecule has 0 radical (unpaired) electrons. The molecule has 3 heterocycles. The van der Waals surface area contributed by atoms with Crippen LogP contribution >= 0.6 is 22.6 Å². The minimum atomic E-state index is -4.44. The molecule has 0 fully saturated rings. The lowest BCUT2D eigenvalue weighted by molar-refractivity contribution is -0.137. The van der Waals surface area contributed by atoms with Crippen LogP contribution in [-0.2, 0) is 19.1 Å². The number of benzene rings is 2. The van der Waals surface area contributed by atoms with Crippen LogP contribution in [-0.4, -0.2) is 20.7 Å². The molecular formula is C26H22F3IN6O. The number of amides is 1. The molecule has 1 aliphatic rings. The number of pyridine rings is 1. The lowest BCUT2D eigenvalue weighted by atomic mass is 10.0. The summed E-state index contributed by atoms with van der Waals surface area (Å²) in [7, 11) is 0. The number of nitrogens with two attached hydrogens (primary N) is 1. The molecule has 0 saturated carbocycles. The van der Waals surface area contributed by atoms with Crippen molar-refractivity contribution in [1.29, 1.82) is 0 Å². The zero-order valence-electron chi connectivity index (χ0n) is 19.6. The molecular weight excluding hydrogens is 596 g/mol. The first-order chi connectivity index (χ1) is 17.6. The maximum absolute atomic E-state index is 13.0. The molecule has 2 aromatic carbocycles. The summed E-state index contributed by atoms with van der Waals surface area (Å²) in [6.07, 6.45) is -2.57. The number of fused-ring (bicyclic) bond motifs is 2. The lowest BCUT2D eigenvalue weighted by Crippen LogP contribution is -2.14. The molecule has 1 atom stereocenters. The molecule has 0 spiro atoms. The first-order valence-corrected chi connectivity index (χ1v) is 12.5. The summed E-state index contributed by atoms with van der Waals surface area (Å²) < 4.78 is 41.9. The SMILES string of the molecule is CC(Nc1cc(C(F)(F)F)ccn1)c1ccc(-c2nn3c(c2C(N)=O)Nc2ccc(I)cc2CC3)cc1. The number of carbonyl (C=O) groups excluding carboxylic acids is 1. The van der Waals surface area contributed by atoms with E-state index >= 15 is 0 Å². The number of hydrogen-bond acceptors (Lipinski definition) is 5. The highest BCUT2D eigenvalue weighted by atomic mass is 127. The minimum absolute atomic E-state index is 0.126. The third-order valence-electron chi connectivity index (χ3n) is 6.25. The average molecular weight is 618 g/mol. The number of aromatic nitrogens is 3. The van der Waals surface area contributed by atoms with Gasteiger partial charge in [0.05, 0.1) is 5.56 Å². The molecule has 1 amide bonds. The Morgan fingerprint density at radius 2 is 1.92 bits per heavy atom. The number of alkyl halides is 3. The van der Waals surface area contributed by atoms with Gasteiger partial charge in [-0.2, -0.15) is 18.3 Å². The van der Waals surface area contributed by atoms with Crippen LogP contribution in [0.2, 0.25) is 0 Å². The molecule has 0 aliphatic carbocycles. The number of halogens is 4. The Labute approximate surface area is 224 Å². The topological polar surface area (TPSA) is 97.9 Å². The van der Waals surface area contributed by atoms with Crippen LogP contribution in [0.1, 0.15) is 40.0 Å². The molecule has 2 aromatic heterocycles. The molecule has 0 bridgehead atoms. The van der Waals surface area contributed by atoms with Gasteiger partial charge in [0.25, 0.3) is 5.91 Å². The second-order valence-corrected chi connectivity index (χ2v) is 10.00. The summed E-state index contributed by atoms with van der Waals surface area (Å²) in [5, 5.41) is 11.0. The molecule has 11 heteroatoms. The number of nitrogens with one attached hydrogen (secondary N) is 2. The second kappa shape index (κ2) is 9.69. The van der Waals surface area contributed by atoms with Gasteiger partial charge >= 0.3 is 6.18 Å². The van der Waals surface area contributed by atoms with Gasteiger partial charge in [0.15, 0.2) is 0 Å². The van der Waals surface area contributed by atoms with Crippen molar-refractivity contribution in [2.24, 2.45) is 5.73 Å². The highest BCUT2D eigenvalue weighted by molar-refractivity contribution is 14.1. The van der Waals surface area contributed by atoms with Crippen LogP contribution in [0.15, 0.2) is 60.8 Å². The van der Waals surface area contributed by atoms with Crippen molar-refractivity contribution in [3.05, 3.63) is 86.6 Å². The van der Waals surface area contributed by atoms with E-state index in [0.717, 1.165) is 45.1 Å². The minimum Gasteiger partial charge on any atom is -0.365 e. The van der Waals surface area contributed by atoms with Gasteiger partial charge in [-0.05, 0) is 77.4 Å². The highest BCUT2D eigenvalue weighted by Crippen LogP contribution is 2.35. The Kier molecular flexibility index (Phi) is 6.56. The second-order valence-electron chi connectivity index (χ2n) is 8.75. The van der Waals surface area contributed by atoms with E-state index in [1.807, 2.05) is 43.3 Å². The van der Waals surface area contributed by atoms with Crippen LogP contribution in [0.4, 0.5) is 30.5 Å². The van der Waals surface area contributed by atoms with E-state index in [0.29, 0.717) is 29.2 Å². The van der Waals surface area contributed by atoms with Crippen molar-refractivity contribution in [3.8, 4) is 11.3 Å². The third kappa shape index (κ3) is 5.13. The first-order valence-electron chi connectivity index (χ1n) is 11.5. The summed E-state index contributed by atoms with van der Waals surface area (Å²) in [5.41, 5.74) is 9.37. The third-order valence-corrected chi connectivity index (χ3v) is 6.92.